The second kappa shape index (κ2) is 9.69. The Kier molecular flexibility index (Phi) is 7.58. The van der Waals surface area contributed by atoms with Gasteiger partial charge < -0.3 is 20.1 Å². The van der Waals surface area contributed by atoms with Crippen LogP contribution in [0, 0.1) is 11.3 Å². The van der Waals surface area contributed by atoms with Crippen molar-refractivity contribution in [1.29, 1.82) is 5.26 Å². The van der Waals surface area contributed by atoms with Crippen LogP contribution in [-0.2, 0) is 9.53 Å². The molecule has 0 radical (unpaired) electrons. The number of allylic oxidation sites excluding steroid dienone is 2. The van der Waals surface area contributed by atoms with Crippen LogP contribution in [0.3, 0.4) is 0 Å². The molecule has 0 aromatic heterocycles. The maximum Gasteiger partial charge on any atom is 0.340 e. The van der Waals surface area contributed by atoms with E-state index in [-0.39, 0.29) is 11.5 Å². The normalized spacial score (nSPS) is 10.4. The van der Waals surface area contributed by atoms with Crippen LogP contribution in [0.25, 0.3) is 0 Å². The number of methoxy groups -OCH3 is 1. The Hall–Kier alpha value is -3.27. The van der Waals surface area contributed by atoms with E-state index in [1.807, 2.05) is 6.07 Å². The number of benzene rings is 1. The molecule has 0 fully saturated rings. The number of anilines is 2. The summed E-state index contributed by atoms with van der Waals surface area (Å²) in [5.41, 5.74) is 0.926. The average Bonchev–Trinajstić information content (AvgIpc) is 2.56. The van der Waals surface area contributed by atoms with Gasteiger partial charge in [-0.15, -0.1) is 0 Å². The third-order valence-electron chi connectivity index (χ3n) is 2.80. The van der Waals surface area contributed by atoms with Gasteiger partial charge in [0.05, 0.1) is 36.7 Å². The van der Waals surface area contributed by atoms with Gasteiger partial charge in [0.2, 0.25) is 5.91 Å². The zero-order valence-electron chi connectivity index (χ0n) is 13.8. The van der Waals surface area contributed by atoms with Gasteiger partial charge in [0, 0.05) is 18.3 Å². The van der Waals surface area contributed by atoms with Crippen molar-refractivity contribution in [3.05, 3.63) is 42.1 Å². The lowest BCUT2D eigenvalue weighted by Gasteiger charge is -2.15. The topological polar surface area (TPSA) is 100 Å². The third kappa shape index (κ3) is 5.18. The first kappa shape index (κ1) is 18.8. The zero-order valence-corrected chi connectivity index (χ0v) is 13.8. The second-order valence-electron chi connectivity index (χ2n) is 4.41. The third-order valence-corrected chi connectivity index (χ3v) is 2.80. The highest BCUT2D eigenvalue weighted by molar-refractivity contribution is 6.03. The van der Waals surface area contributed by atoms with Crippen molar-refractivity contribution in [3.8, 4) is 11.8 Å². The number of carbonyl (C=O) groups excluding carboxylic acids is 2. The Bertz CT molecular complexity index is 703. The van der Waals surface area contributed by atoms with E-state index in [0.717, 1.165) is 0 Å². The van der Waals surface area contributed by atoms with Crippen molar-refractivity contribution in [2.75, 3.05) is 24.4 Å². The quantitative estimate of drug-likeness (QED) is 0.453. The maximum atomic E-state index is 12.0. The fourth-order valence-corrected chi connectivity index (χ4v) is 1.85. The number of hydrogen-bond donors (Lipinski definition) is 2. The fraction of sp³-hybridized carbons (Fsp3) is 0.235. The number of nitriles is 1. The first-order chi connectivity index (χ1) is 11.6. The predicted octanol–water partition coefficient (Wildman–Crippen LogP) is 2.84. The van der Waals surface area contributed by atoms with Gasteiger partial charge in [0.25, 0.3) is 0 Å². The van der Waals surface area contributed by atoms with Crippen LogP contribution in [0.2, 0.25) is 0 Å². The molecule has 0 aliphatic heterocycles. The Balaban J connectivity index is 3.36. The number of nitrogens with zero attached hydrogens (tertiary/aromatic N) is 1. The number of ether oxygens (including phenoxy) is 2. The Morgan fingerprint density at radius 1 is 1.33 bits per heavy atom. The molecule has 0 aliphatic carbocycles. The molecule has 0 aliphatic rings. The smallest absolute Gasteiger partial charge is 0.340 e. The van der Waals surface area contributed by atoms with Crippen LogP contribution in [0.4, 0.5) is 11.4 Å². The number of amides is 1. The monoisotopic (exact) mass is 329 g/mol. The summed E-state index contributed by atoms with van der Waals surface area (Å²) in [5, 5.41) is 14.0. The van der Waals surface area contributed by atoms with Crippen LogP contribution < -0.4 is 15.4 Å². The Labute approximate surface area is 140 Å². The summed E-state index contributed by atoms with van der Waals surface area (Å²) in [6.45, 7) is 3.89. The molecule has 126 valence electrons. The molecule has 7 heteroatoms. The first-order valence-corrected chi connectivity index (χ1v) is 7.21. The lowest BCUT2D eigenvalue weighted by atomic mass is 10.1. The van der Waals surface area contributed by atoms with E-state index >= 15 is 0 Å². The zero-order chi connectivity index (χ0) is 17.9. The Morgan fingerprint density at radius 2 is 2.08 bits per heavy atom. The molecule has 7 nitrogen and oxygen atoms in total. The second-order valence-corrected chi connectivity index (χ2v) is 4.41. The lowest BCUT2D eigenvalue weighted by molar-refractivity contribution is -0.111. The van der Waals surface area contributed by atoms with Crippen molar-refractivity contribution in [2.45, 2.75) is 13.8 Å². The minimum Gasteiger partial charge on any atom is -0.492 e. The first-order valence-electron chi connectivity index (χ1n) is 7.21. The van der Waals surface area contributed by atoms with Crippen LogP contribution in [-0.4, -0.2) is 25.6 Å². The van der Waals surface area contributed by atoms with Crippen LogP contribution in [0.5, 0.6) is 5.75 Å². The molecule has 0 saturated heterocycles. The van der Waals surface area contributed by atoms with Gasteiger partial charge in [-0.1, -0.05) is 6.08 Å². The molecule has 0 heterocycles. The van der Waals surface area contributed by atoms with Crippen molar-refractivity contribution in [3.63, 3.8) is 0 Å². The number of carbonyl (C=O) groups is 2. The van der Waals surface area contributed by atoms with E-state index in [0.29, 0.717) is 23.7 Å². The fourth-order valence-electron chi connectivity index (χ4n) is 1.85. The summed E-state index contributed by atoms with van der Waals surface area (Å²) in [5.74, 6) is -0.553. The molecule has 2 N–H and O–H groups in total. The standard InChI is InChI=1S/C17H19N3O4/c1-4-7-16(21)20-14-10-12(17(22)23-3)13(19-9-6-8-18)11-15(14)24-5-2/h4,6-7,9-11,19H,5H2,1-3H3,(H,20,21)/b7-4+,9-6+. The van der Waals surface area contributed by atoms with Crippen LogP contribution >= 0.6 is 0 Å². The van der Waals surface area contributed by atoms with Gasteiger partial charge >= 0.3 is 5.97 Å². The summed E-state index contributed by atoms with van der Waals surface area (Å²) >= 11 is 0. The van der Waals surface area contributed by atoms with Gasteiger partial charge in [-0.3, -0.25) is 4.79 Å². The maximum absolute atomic E-state index is 12.0. The number of esters is 1. The van der Waals surface area contributed by atoms with Gasteiger partial charge in [-0.2, -0.15) is 5.26 Å². The highest BCUT2D eigenvalue weighted by Gasteiger charge is 2.17. The van der Waals surface area contributed by atoms with Crippen molar-refractivity contribution in [2.24, 2.45) is 0 Å². The average molecular weight is 329 g/mol. The summed E-state index contributed by atoms with van der Waals surface area (Å²) in [7, 11) is 1.26. The molecule has 1 rings (SSSR count). The molecule has 0 saturated carbocycles. The molecule has 1 aromatic rings. The van der Waals surface area contributed by atoms with E-state index in [1.165, 1.54) is 31.5 Å². The van der Waals surface area contributed by atoms with E-state index < -0.39 is 5.97 Å². The summed E-state index contributed by atoms with van der Waals surface area (Å²) < 4.78 is 10.3. The summed E-state index contributed by atoms with van der Waals surface area (Å²) in [6, 6.07) is 4.85. The van der Waals surface area contributed by atoms with Crippen molar-refractivity contribution < 1.29 is 19.1 Å². The SMILES string of the molecule is C/C=C/C(=O)Nc1cc(C(=O)OC)c(N/C=C/C#N)cc1OCC. The Morgan fingerprint density at radius 3 is 2.67 bits per heavy atom. The highest BCUT2D eigenvalue weighted by atomic mass is 16.5. The minimum absolute atomic E-state index is 0.194. The number of nitrogens with one attached hydrogen (secondary N) is 2. The van der Waals surface area contributed by atoms with Crippen molar-refractivity contribution >= 4 is 23.3 Å². The molecular formula is C17H19N3O4. The lowest BCUT2D eigenvalue weighted by Crippen LogP contribution is -2.12. The number of hydrogen-bond acceptors (Lipinski definition) is 6. The van der Waals surface area contributed by atoms with Crippen LogP contribution in [0.1, 0.15) is 24.2 Å². The summed E-state index contributed by atoms with van der Waals surface area (Å²) in [6.07, 6.45) is 5.56. The van der Waals surface area contributed by atoms with Crippen LogP contribution in [0.15, 0.2) is 36.6 Å². The highest BCUT2D eigenvalue weighted by Crippen LogP contribution is 2.32. The molecule has 1 amide bonds. The molecule has 0 bridgehead atoms. The summed E-state index contributed by atoms with van der Waals surface area (Å²) in [4.78, 5) is 23.8. The van der Waals surface area contributed by atoms with E-state index in [9.17, 15) is 9.59 Å². The van der Waals surface area contributed by atoms with Gasteiger partial charge in [-0.25, -0.2) is 4.79 Å². The van der Waals surface area contributed by atoms with E-state index in [4.69, 9.17) is 14.7 Å². The predicted molar refractivity (Wildman–Crippen MR) is 90.8 cm³/mol. The van der Waals surface area contributed by atoms with E-state index in [2.05, 4.69) is 10.6 Å². The molecule has 24 heavy (non-hydrogen) atoms. The molecule has 0 atom stereocenters. The van der Waals surface area contributed by atoms with Crippen molar-refractivity contribution in [1.82, 2.24) is 0 Å². The largest absolute Gasteiger partial charge is 0.492 e. The van der Waals surface area contributed by atoms with Gasteiger partial charge in [-0.05, 0) is 26.0 Å². The minimum atomic E-state index is -0.590. The molecule has 0 unspecified atom stereocenters. The van der Waals surface area contributed by atoms with E-state index in [1.54, 1.807) is 26.0 Å². The number of rotatable bonds is 7. The molecule has 1 aromatic carbocycles. The molecular weight excluding hydrogens is 310 g/mol. The van der Waals surface area contributed by atoms with Gasteiger partial charge in [0.1, 0.15) is 5.75 Å². The molecule has 0 spiro atoms. The van der Waals surface area contributed by atoms with Gasteiger partial charge in [0.15, 0.2) is 0 Å².